The first kappa shape index (κ1) is 12.9. The van der Waals surface area contributed by atoms with Crippen molar-refractivity contribution in [2.24, 2.45) is 13.0 Å². The van der Waals surface area contributed by atoms with E-state index in [-0.39, 0.29) is 18.2 Å². The number of nitrogens with one attached hydrogen (secondary N) is 1. The van der Waals surface area contributed by atoms with Gasteiger partial charge in [0, 0.05) is 13.6 Å². The molecule has 1 heterocycles. The second kappa shape index (κ2) is 5.28. The van der Waals surface area contributed by atoms with Crippen LogP contribution < -0.4 is 5.32 Å². The quantitative estimate of drug-likeness (QED) is 0.565. The maximum Gasteiger partial charge on any atom is 0.406 e. The number of carboxylic acids is 1. The Bertz CT molecular complexity index is 429. The molecule has 0 fully saturated rings. The zero-order chi connectivity index (χ0) is 13.0. The Labute approximate surface area is 97.4 Å². The predicted octanol–water partition coefficient (Wildman–Crippen LogP) is 0.851. The Morgan fingerprint density at radius 3 is 2.88 bits per heavy atom. The minimum absolute atomic E-state index is 0.131. The lowest BCUT2D eigenvalue weighted by atomic mass is 10.1. The fourth-order valence-corrected chi connectivity index (χ4v) is 1.38. The lowest BCUT2D eigenvalue weighted by Gasteiger charge is -2.11. The van der Waals surface area contributed by atoms with Crippen molar-refractivity contribution < 1.29 is 14.8 Å². The van der Waals surface area contributed by atoms with Crippen molar-refractivity contribution in [2.45, 2.75) is 13.3 Å². The maximum atomic E-state index is 10.8. The molecule has 0 amide bonds. The number of carboxylic acid groups (broad SMARTS) is 1. The van der Waals surface area contributed by atoms with Crippen LogP contribution in [0.25, 0.3) is 0 Å². The minimum atomic E-state index is -0.926. The third-order valence-corrected chi connectivity index (χ3v) is 2.45. The Kier molecular flexibility index (Phi) is 4.02. The third-order valence-electron chi connectivity index (χ3n) is 2.45. The van der Waals surface area contributed by atoms with Gasteiger partial charge in [-0.1, -0.05) is 6.92 Å². The number of aryl methyl sites for hydroxylation is 1. The molecule has 0 aromatic carbocycles. The number of nitrogens with zero attached hydrogens (tertiary/aromatic N) is 3. The van der Waals surface area contributed by atoms with Gasteiger partial charge in [0.1, 0.15) is 0 Å². The molecule has 1 aromatic heterocycles. The number of nitro groups is 1. The van der Waals surface area contributed by atoms with E-state index in [1.54, 1.807) is 14.0 Å². The van der Waals surface area contributed by atoms with Crippen molar-refractivity contribution in [3.8, 4) is 0 Å². The molecule has 8 heteroatoms. The Hall–Kier alpha value is -2.12. The van der Waals surface area contributed by atoms with Crippen molar-refractivity contribution in [1.29, 1.82) is 0 Å². The van der Waals surface area contributed by atoms with Crippen LogP contribution >= 0.6 is 0 Å². The van der Waals surface area contributed by atoms with Crippen molar-refractivity contribution in [2.75, 3.05) is 11.9 Å². The smallest absolute Gasteiger partial charge is 0.406 e. The molecular formula is C9H14N4O4. The number of anilines is 1. The maximum absolute atomic E-state index is 10.8. The highest BCUT2D eigenvalue weighted by Crippen LogP contribution is 2.21. The monoisotopic (exact) mass is 242 g/mol. The van der Waals surface area contributed by atoms with E-state index in [0.717, 1.165) is 0 Å². The van der Waals surface area contributed by atoms with Gasteiger partial charge >= 0.3 is 11.8 Å². The summed E-state index contributed by atoms with van der Waals surface area (Å²) in [6.07, 6.45) is 1.76. The lowest BCUT2D eigenvalue weighted by Crippen LogP contribution is -2.23. The summed E-state index contributed by atoms with van der Waals surface area (Å²) in [4.78, 5) is 24.5. The second-order valence-corrected chi connectivity index (χ2v) is 3.61. The van der Waals surface area contributed by atoms with Gasteiger partial charge < -0.3 is 20.5 Å². The molecule has 2 N–H and O–H groups in total. The molecule has 0 saturated heterocycles. The number of rotatable bonds is 6. The largest absolute Gasteiger partial charge is 0.481 e. The van der Waals surface area contributed by atoms with Crippen LogP contribution in [-0.4, -0.2) is 32.1 Å². The van der Waals surface area contributed by atoms with E-state index in [1.807, 2.05) is 0 Å². The number of hydrogen-bond acceptors (Lipinski definition) is 5. The molecule has 94 valence electrons. The summed E-state index contributed by atoms with van der Waals surface area (Å²) in [5.41, 5.74) is 0. The SMILES string of the molecule is CCC(CNc1c([N+](=O)[O-])ncn1C)C(=O)O. The summed E-state index contributed by atoms with van der Waals surface area (Å²) in [6.45, 7) is 1.88. The Balaban J connectivity index is 2.78. The molecule has 0 radical (unpaired) electrons. The van der Waals surface area contributed by atoms with Crippen LogP contribution in [0.2, 0.25) is 0 Å². The summed E-state index contributed by atoms with van der Waals surface area (Å²) >= 11 is 0. The highest BCUT2D eigenvalue weighted by molar-refractivity contribution is 5.70. The van der Waals surface area contributed by atoms with Crippen LogP contribution in [0.15, 0.2) is 6.33 Å². The van der Waals surface area contributed by atoms with Gasteiger partial charge in [0.2, 0.25) is 12.1 Å². The molecule has 0 aliphatic heterocycles. The first-order valence-electron chi connectivity index (χ1n) is 5.09. The first-order valence-corrected chi connectivity index (χ1v) is 5.09. The second-order valence-electron chi connectivity index (χ2n) is 3.61. The van der Waals surface area contributed by atoms with E-state index in [2.05, 4.69) is 10.3 Å². The lowest BCUT2D eigenvalue weighted by molar-refractivity contribution is -0.388. The van der Waals surface area contributed by atoms with Gasteiger partial charge in [-0.3, -0.25) is 9.36 Å². The van der Waals surface area contributed by atoms with Crippen molar-refractivity contribution in [3.05, 3.63) is 16.4 Å². The minimum Gasteiger partial charge on any atom is -0.481 e. The molecule has 0 spiro atoms. The van der Waals surface area contributed by atoms with E-state index in [4.69, 9.17) is 5.11 Å². The summed E-state index contributed by atoms with van der Waals surface area (Å²) < 4.78 is 1.45. The van der Waals surface area contributed by atoms with Crippen LogP contribution in [0, 0.1) is 16.0 Å². The van der Waals surface area contributed by atoms with Gasteiger partial charge in [-0.25, -0.2) is 0 Å². The molecule has 0 aliphatic rings. The predicted molar refractivity (Wildman–Crippen MR) is 59.8 cm³/mol. The average molecular weight is 242 g/mol. The van der Waals surface area contributed by atoms with Crippen LogP contribution in [0.1, 0.15) is 13.3 Å². The molecule has 1 atom stereocenters. The number of hydrogen-bond donors (Lipinski definition) is 2. The fraction of sp³-hybridized carbons (Fsp3) is 0.556. The molecule has 1 rings (SSSR count). The Morgan fingerprint density at radius 2 is 2.41 bits per heavy atom. The summed E-state index contributed by atoms with van der Waals surface area (Å²) in [5, 5.41) is 22.3. The molecule has 0 bridgehead atoms. The van der Waals surface area contributed by atoms with Crippen molar-refractivity contribution in [1.82, 2.24) is 9.55 Å². The van der Waals surface area contributed by atoms with Gasteiger partial charge in [-0.2, -0.15) is 0 Å². The zero-order valence-corrected chi connectivity index (χ0v) is 9.58. The van der Waals surface area contributed by atoms with E-state index in [0.29, 0.717) is 6.42 Å². The van der Waals surface area contributed by atoms with Gasteiger partial charge in [-0.15, -0.1) is 0 Å². The average Bonchev–Trinajstić information content (AvgIpc) is 2.61. The molecule has 1 unspecified atom stereocenters. The number of imidazole rings is 1. The summed E-state index contributed by atoms with van der Waals surface area (Å²) in [7, 11) is 1.60. The van der Waals surface area contributed by atoms with E-state index >= 15 is 0 Å². The Morgan fingerprint density at radius 1 is 1.76 bits per heavy atom. The zero-order valence-electron chi connectivity index (χ0n) is 9.58. The number of carbonyl (C=O) groups is 1. The standard InChI is InChI=1S/C9H14N4O4/c1-3-6(9(14)15)4-10-7-8(13(16)17)11-5-12(7)2/h5-6,10H,3-4H2,1-2H3,(H,14,15). The van der Waals surface area contributed by atoms with Gasteiger partial charge in [-0.05, 0) is 16.3 Å². The fourth-order valence-electron chi connectivity index (χ4n) is 1.38. The van der Waals surface area contributed by atoms with Gasteiger partial charge in [0.05, 0.1) is 5.92 Å². The van der Waals surface area contributed by atoms with E-state index in [1.165, 1.54) is 10.9 Å². The van der Waals surface area contributed by atoms with Crippen LogP contribution in [0.4, 0.5) is 11.6 Å². The van der Waals surface area contributed by atoms with Crippen LogP contribution in [0.3, 0.4) is 0 Å². The first-order chi connectivity index (χ1) is 7.97. The van der Waals surface area contributed by atoms with Gasteiger partial charge in [0.15, 0.2) is 0 Å². The van der Waals surface area contributed by atoms with Crippen LogP contribution in [0.5, 0.6) is 0 Å². The molecular weight excluding hydrogens is 228 g/mol. The topological polar surface area (TPSA) is 110 Å². The summed E-state index contributed by atoms with van der Waals surface area (Å²) in [5.74, 6) is -1.59. The molecule has 8 nitrogen and oxygen atoms in total. The van der Waals surface area contributed by atoms with Crippen molar-refractivity contribution in [3.63, 3.8) is 0 Å². The third kappa shape index (κ3) is 2.92. The molecule has 0 saturated carbocycles. The van der Waals surface area contributed by atoms with E-state index in [9.17, 15) is 14.9 Å². The number of aliphatic carboxylic acids is 1. The van der Waals surface area contributed by atoms with Gasteiger partial charge in [0.25, 0.3) is 0 Å². The molecule has 17 heavy (non-hydrogen) atoms. The molecule has 0 aliphatic carbocycles. The highest BCUT2D eigenvalue weighted by Gasteiger charge is 2.22. The molecule has 1 aromatic rings. The summed E-state index contributed by atoms with van der Waals surface area (Å²) in [6, 6.07) is 0. The van der Waals surface area contributed by atoms with Crippen LogP contribution in [-0.2, 0) is 11.8 Å². The highest BCUT2D eigenvalue weighted by atomic mass is 16.6. The number of aromatic nitrogens is 2. The van der Waals surface area contributed by atoms with Crippen molar-refractivity contribution >= 4 is 17.6 Å². The normalized spacial score (nSPS) is 12.1. The van der Waals surface area contributed by atoms with E-state index < -0.39 is 16.8 Å².